The molecule has 2 aliphatic carbocycles. The third-order valence-corrected chi connectivity index (χ3v) is 4.29. The van der Waals surface area contributed by atoms with E-state index in [2.05, 4.69) is 22.8 Å². The molecule has 0 saturated heterocycles. The van der Waals surface area contributed by atoms with Crippen molar-refractivity contribution in [2.45, 2.75) is 44.2 Å². The first kappa shape index (κ1) is 13.9. The lowest BCUT2D eigenvalue weighted by Gasteiger charge is -2.19. The SMILES string of the molecule is O=C(O)CC(NC(=O)NC1Cc2ccccc2C1)C1CC1. The van der Waals surface area contributed by atoms with Crippen LogP contribution in [0.3, 0.4) is 0 Å². The molecular weight excluding hydrogens is 268 g/mol. The van der Waals surface area contributed by atoms with E-state index in [0.29, 0.717) is 5.92 Å². The third kappa shape index (κ3) is 3.54. The summed E-state index contributed by atoms with van der Waals surface area (Å²) in [6.45, 7) is 0. The number of hydrogen-bond acceptors (Lipinski definition) is 2. The van der Waals surface area contributed by atoms with Gasteiger partial charge in [0.15, 0.2) is 0 Å². The number of amides is 2. The van der Waals surface area contributed by atoms with Crippen molar-refractivity contribution in [3.8, 4) is 0 Å². The Kier molecular flexibility index (Phi) is 3.82. The van der Waals surface area contributed by atoms with Crippen LogP contribution in [0.5, 0.6) is 0 Å². The highest BCUT2D eigenvalue weighted by atomic mass is 16.4. The summed E-state index contributed by atoms with van der Waals surface area (Å²) >= 11 is 0. The first-order chi connectivity index (χ1) is 10.1. The first-order valence-electron chi connectivity index (χ1n) is 7.47. The number of hydrogen-bond donors (Lipinski definition) is 3. The van der Waals surface area contributed by atoms with Gasteiger partial charge in [-0.05, 0) is 42.7 Å². The number of carboxylic acids is 1. The number of nitrogens with one attached hydrogen (secondary N) is 2. The van der Waals surface area contributed by atoms with E-state index >= 15 is 0 Å². The predicted molar refractivity (Wildman–Crippen MR) is 78.1 cm³/mol. The van der Waals surface area contributed by atoms with Crippen LogP contribution in [0.15, 0.2) is 24.3 Å². The smallest absolute Gasteiger partial charge is 0.315 e. The maximum Gasteiger partial charge on any atom is 0.315 e. The highest BCUT2D eigenvalue weighted by Gasteiger charge is 2.34. The van der Waals surface area contributed by atoms with Gasteiger partial charge in [0.05, 0.1) is 6.42 Å². The molecule has 1 unspecified atom stereocenters. The number of urea groups is 1. The number of carbonyl (C=O) groups excluding carboxylic acids is 1. The van der Waals surface area contributed by atoms with Gasteiger partial charge in [0, 0.05) is 12.1 Å². The van der Waals surface area contributed by atoms with Crippen molar-refractivity contribution in [2.75, 3.05) is 0 Å². The van der Waals surface area contributed by atoms with Crippen LogP contribution in [-0.4, -0.2) is 29.2 Å². The Morgan fingerprint density at radius 1 is 1.19 bits per heavy atom. The van der Waals surface area contributed by atoms with Gasteiger partial charge in [-0.15, -0.1) is 0 Å². The minimum Gasteiger partial charge on any atom is -0.481 e. The molecule has 5 nitrogen and oxygen atoms in total. The average Bonchev–Trinajstić information content (AvgIpc) is 3.18. The van der Waals surface area contributed by atoms with Crippen LogP contribution in [0.25, 0.3) is 0 Å². The molecule has 1 aromatic carbocycles. The normalized spacial score (nSPS) is 18.9. The number of carboxylic acid groups (broad SMARTS) is 1. The quantitative estimate of drug-likeness (QED) is 0.771. The van der Waals surface area contributed by atoms with E-state index in [-0.39, 0.29) is 24.5 Å². The van der Waals surface area contributed by atoms with Gasteiger partial charge >= 0.3 is 12.0 Å². The fourth-order valence-corrected chi connectivity index (χ4v) is 3.08. The van der Waals surface area contributed by atoms with Crippen molar-refractivity contribution >= 4 is 12.0 Å². The molecule has 0 spiro atoms. The molecule has 3 rings (SSSR count). The summed E-state index contributed by atoms with van der Waals surface area (Å²) in [5.74, 6) is -0.534. The molecule has 112 valence electrons. The second-order valence-electron chi connectivity index (χ2n) is 6.03. The van der Waals surface area contributed by atoms with E-state index in [1.54, 1.807) is 0 Å². The molecule has 2 aliphatic rings. The summed E-state index contributed by atoms with van der Waals surface area (Å²) < 4.78 is 0. The van der Waals surface area contributed by atoms with Gasteiger partial charge in [0.25, 0.3) is 0 Å². The van der Waals surface area contributed by atoms with Crippen LogP contribution in [0.2, 0.25) is 0 Å². The van der Waals surface area contributed by atoms with E-state index < -0.39 is 5.97 Å². The number of benzene rings is 1. The molecule has 1 fully saturated rings. The maximum atomic E-state index is 12.1. The number of rotatable bonds is 5. The Morgan fingerprint density at radius 3 is 2.33 bits per heavy atom. The summed E-state index contributed by atoms with van der Waals surface area (Å²) in [5.41, 5.74) is 2.57. The summed E-state index contributed by atoms with van der Waals surface area (Å²) in [7, 11) is 0. The molecule has 1 aromatic rings. The molecule has 0 radical (unpaired) electrons. The monoisotopic (exact) mass is 288 g/mol. The van der Waals surface area contributed by atoms with Gasteiger partial charge < -0.3 is 15.7 Å². The van der Waals surface area contributed by atoms with Crippen molar-refractivity contribution < 1.29 is 14.7 Å². The fraction of sp³-hybridized carbons (Fsp3) is 0.500. The lowest BCUT2D eigenvalue weighted by Crippen LogP contribution is -2.48. The second-order valence-corrected chi connectivity index (χ2v) is 6.03. The lowest BCUT2D eigenvalue weighted by molar-refractivity contribution is -0.137. The molecule has 1 saturated carbocycles. The summed E-state index contributed by atoms with van der Waals surface area (Å²) in [6, 6.07) is 7.82. The van der Waals surface area contributed by atoms with E-state index in [1.807, 2.05) is 12.1 Å². The highest BCUT2D eigenvalue weighted by molar-refractivity contribution is 5.76. The van der Waals surface area contributed by atoms with E-state index in [4.69, 9.17) is 5.11 Å². The van der Waals surface area contributed by atoms with Crippen LogP contribution in [0, 0.1) is 5.92 Å². The third-order valence-electron chi connectivity index (χ3n) is 4.29. The Morgan fingerprint density at radius 2 is 1.81 bits per heavy atom. The number of fused-ring (bicyclic) bond motifs is 1. The molecule has 1 atom stereocenters. The first-order valence-corrected chi connectivity index (χ1v) is 7.47. The number of carbonyl (C=O) groups is 2. The van der Waals surface area contributed by atoms with E-state index in [1.165, 1.54) is 11.1 Å². The van der Waals surface area contributed by atoms with Gasteiger partial charge in [-0.2, -0.15) is 0 Å². The summed E-state index contributed by atoms with van der Waals surface area (Å²) in [4.78, 5) is 22.9. The Balaban J connectivity index is 1.51. The van der Waals surface area contributed by atoms with Crippen molar-refractivity contribution in [1.82, 2.24) is 10.6 Å². The van der Waals surface area contributed by atoms with Crippen LogP contribution in [0.1, 0.15) is 30.4 Å². The second kappa shape index (κ2) is 5.76. The van der Waals surface area contributed by atoms with Crippen LogP contribution in [-0.2, 0) is 17.6 Å². The summed E-state index contributed by atoms with van der Waals surface area (Å²) in [5, 5.41) is 14.7. The average molecular weight is 288 g/mol. The molecule has 0 aliphatic heterocycles. The minimum atomic E-state index is -0.861. The lowest BCUT2D eigenvalue weighted by atomic mass is 10.1. The van der Waals surface area contributed by atoms with Crippen LogP contribution in [0.4, 0.5) is 4.79 Å². The standard InChI is InChI=1S/C16H20N2O3/c19-15(20)9-14(10-5-6-10)18-16(21)17-13-7-11-3-1-2-4-12(11)8-13/h1-4,10,13-14H,5-9H2,(H,19,20)(H2,17,18,21). The molecule has 21 heavy (non-hydrogen) atoms. The van der Waals surface area contributed by atoms with Gasteiger partial charge in [0.2, 0.25) is 0 Å². The van der Waals surface area contributed by atoms with Crippen molar-refractivity contribution in [2.24, 2.45) is 5.92 Å². The number of aliphatic carboxylic acids is 1. The fourth-order valence-electron chi connectivity index (χ4n) is 3.08. The zero-order chi connectivity index (χ0) is 14.8. The topological polar surface area (TPSA) is 78.4 Å². The molecule has 5 heteroatoms. The van der Waals surface area contributed by atoms with Gasteiger partial charge in [-0.3, -0.25) is 4.79 Å². The van der Waals surface area contributed by atoms with Crippen LogP contribution < -0.4 is 10.6 Å². The minimum absolute atomic E-state index is 0.00296. The van der Waals surface area contributed by atoms with Gasteiger partial charge in [-0.1, -0.05) is 24.3 Å². The molecule has 3 N–H and O–H groups in total. The van der Waals surface area contributed by atoms with Crippen molar-refractivity contribution in [3.63, 3.8) is 0 Å². The van der Waals surface area contributed by atoms with E-state index in [0.717, 1.165) is 25.7 Å². The zero-order valence-electron chi connectivity index (χ0n) is 11.8. The largest absolute Gasteiger partial charge is 0.481 e. The van der Waals surface area contributed by atoms with Crippen molar-refractivity contribution in [3.05, 3.63) is 35.4 Å². The maximum absolute atomic E-state index is 12.1. The highest BCUT2D eigenvalue weighted by Crippen LogP contribution is 2.34. The van der Waals surface area contributed by atoms with Gasteiger partial charge in [0.1, 0.15) is 0 Å². The molecule has 0 bridgehead atoms. The van der Waals surface area contributed by atoms with E-state index in [9.17, 15) is 9.59 Å². The predicted octanol–water partition coefficient (Wildman–Crippen LogP) is 1.71. The Hall–Kier alpha value is -2.04. The summed E-state index contributed by atoms with van der Waals surface area (Å²) in [6.07, 6.45) is 3.70. The molecule has 0 heterocycles. The Bertz CT molecular complexity index is 529. The molecule has 0 aromatic heterocycles. The molecule has 2 amide bonds. The van der Waals surface area contributed by atoms with Gasteiger partial charge in [-0.25, -0.2) is 4.79 Å². The molecular formula is C16H20N2O3. The zero-order valence-corrected chi connectivity index (χ0v) is 11.8. The van der Waals surface area contributed by atoms with Crippen molar-refractivity contribution in [1.29, 1.82) is 0 Å². The van der Waals surface area contributed by atoms with Crippen LogP contribution >= 0.6 is 0 Å². The Labute approximate surface area is 123 Å².